The molecule has 192 valence electrons. The van der Waals surface area contributed by atoms with E-state index >= 15 is 0 Å². The van der Waals surface area contributed by atoms with Crippen LogP contribution in [0.4, 0.5) is 0 Å². The topological polar surface area (TPSA) is 89.2 Å². The van der Waals surface area contributed by atoms with E-state index in [1.807, 2.05) is 16.8 Å². The lowest BCUT2D eigenvalue weighted by Gasteiger charge is -2.32. The molecule has 0 saturated heterocycles. The third-order valence-electron chi connectivity index (χ3n) is 7.37. The number of rotatable bonds is 6. The molecule has 1 aromatic carbocycles. The second kappa shape index (κ2) is 9.39. The molecule has 3 heterocycles. The van der Waals surface area contributed by atoms with Gasteiger partial charge in [-0.05, 0) is 66.3 Å². The summed E-state index contributed by atoms with van der Waals surface area (Å²) in [4.78, 5) is 20.6. The Morgan fingerprint density at radius 1 is 1.17 bits per heavy atom. The minimum atomic E-state index is -0.0211. The molecule has 0 bridgehead atoms. The fraction of sp³-hybridized carbons (Fsp3) is 0.536. The molecule has 1 fully saturated rings. The van der Waals surface area contributed by atoms with E-state index < -0.39 is 0 Å². The van der Waals surface area contributed by atoms with Gasteiger partial charge in [-0.25, -0.2) is 14.3 Å². The van der Waals surface area contributed by atoms with E-state index in [-0.39, 0.29) is 23.1 Å². The maximum atomic E-state index is 13.2. The molecule has 1 aliphatic carbocycles. The average molecular weight is 491 g/mol. The number of methoxy groups -OCH3 is 1. The molecule has 0 unspecified atom stereocenters. The highest BCUT2D eigenvalue weighted by atomic mass is 16.5. The number of benzene rings is 1. The number of imidazole rings is 1. The van der Waals surface area contributed by atoms with E-state index in [1.54, 1.807) is 11.6 Å². The quantitative estimate of drug-likeness (QED) is 0.383. The number of hydrogen-bond donors (Lipinski definition) is 2. The largest absolute Gasteiger partial charge is 0.493 e. The number of aromatic amines is 1. The number of nitrogens with one attached hydrogen (secondary N) is 2. The maximum Gasteiger partial charge on any atom is 0.326 e. The van der Waals surface area contributed by atoms with Gasteiger partial charge in [0.05, 0.1) is 18.1 Å². The van der Waals surface area contributed by atoms with Crippen molar-refractivity contribution in [1.29, 1.82) is 0 Å². The molecule has 0 atom stereocenters. The number of aromatic nitrogens is 5. The number of hydrogen-bond acceptors (Lipinski definition) is 5. The lowest BCUT2D eigenvalue weighted by molar-refractivity contribution is 0.264. The number of fused-ring (bicyclic) bond motifs is 2. The summed E-state index contributed by atoms with van der Waals surface area (Å²) >= 11 is 0. The zero-order valence-electron chi connectivity index (χ0n) is 22.3. The highest BCUT2D eigenvalue weighted by Gasteiger charge is 2.26. The lowest BCUT2D eigenvalue weighted by Crippen LogP contribution is -2.39. The van der Waals surface area contributed by atoms with Crippen LogP contribution in [0.5, 0.6) is 5.75 Å². The molecule has 0 amide bonds. The smallest absolute Gasteiger partial charge is 0.326 e. The molecule has 0 aliphatic heterocycles. The monoisotopic (exact) mass is 490 g/mol. The molecule has 3 aromatic heterocycles. The van der Waals surface area contributed by atoms with Crippen molar-refractivity contribution in [2.75, 3.05) is 13.7 Å². The molecule has 1 aliphatic rings. The van der Waals surface area contributed by atoms with Crippen LogP contribution in [0.25, 0.3) is 27.8 Å². The molecule has 0 spiro atoms. The van der Waals surface area contributed by atoms with Gasteiger partial charge in [-0.2, -0.15) is 5.10 Å². The van der Waals surface area contributed by atoms with E-state index in [0.29, 0.717) is 17.4 Å². The molecule has 8 nitrogen and oxygen atoms in total. The van der Waals surface area contributed by atoms with Crippen molar-refractivity contribution >= 4 is 16.7 Å². The summed E-state index contributed by atoms with van der Waals surface area (Å²) in [5, 5.41) is 8.05. The summed E-state index contributed by atoms with van der Waals surface area (Å²) in [5.41, 5.74) is 6.03. The predicted octanol–water partition coefficient (Wildman–Crippen LogP) is 5.29. The Hall–Kier alpha value is -3.13. The van der Waals surface area contributed by atoms with Gasteiger partial charge < -0.3 is 15.0 Å². The van der Waals surface area contributed by atoms with Gasteiger partial charge in [-0.1, -0.05) is 34.6 Å². The Bertz CT molecular complexity index is 1430. The molecule has 4 aromatic rings. The first-order chi connectivity index (χ1) is 17.1. The van der Waals surface area contributed by atoms with E-state index in [2.05, 4.69) is 67.1 Å². The fourth-order valence-electron chi connectivity index (χ4n) is 5.46. The molecule has 1 saturated carbocycles. The zero-order chi connectivity index (χ0) is 25.6. The molecule has 0 radical (unpaired) electrons. The fourth-order valence-corrected chi connectivity index (χ4v) is 5.46. The number of pyridine rings is 1. The molecule has 5 rings (SSSR count). The molecule has 36 heavy (non-hydrogen) atoms. The molecule has 2 N–H and O–H groups in total. The highest BCUT2D eigenvalue weighted by molar-refractivity contribution is 5.85. The number of ether oxygens (including phenoxy) is 1. The van der Waals surface area contributed by atoms with Crippen LogP contribution in [-0.2, 0) is 0 Å². The van der Waals surface area contributed by atoms with E-state index in [4.69, 9.17) is 4.74 Å². The van der Waals surface area contributed by atoms with E-state index in [1.165, 1.54) is 11.9 Å². The van der Waals surface area contributed by atoms with Crippen molar-refractivity contribution in [3.8, 4) is 16.9 Å². The van der Waals surface area contributed by atoms with Gasteiger partial charge in [-0.15, -0.1) is 0 Å². The second-order valence-corrected chi connectivity index (χ2v) is 11.7. The van der Waals surface area contributed by atoms with Crippen molar-refractivity contribution in [1.82, 2.24) is 29.5 Å². The third kappa shape index (κ3) is 4.66. The highest BCUT2D eigenvalue weighted by Crippen LogP contribution is 2.37. The molecular formula is C28H38N6O2. The van der Waals surface area contributed by atoms with E-state index in [9.17, 15) is 4.79 Å². The minimum absolute atomic E-state index is 0.0211. The normalized spacial score (nSPS) is 19.0. The Morgan fingerprint density at radius 2 is 1.92 bits per heavy atom. The van der Waals surface area contributed by atoms with Gasteiger partial charge in [-0.3, -0.25) is 4.57 Å². The zero-order valence-corrected chi connectivity index (χ0v) is 22.3. The SMILES string of the molecule is COc1cc(-c2cc3[nH]c(=O)n(C4CCC(NCC(C)(C)C)CC4)c3cc2C(C)C)cn2ncnc12. The van der Waals surface area contributed by atoms with Crippen LogP contribution in [0.15, 0.2) is 35.5 Å². The third-order valence-corrected chi connectivity index (χ3v) is 7.37. The van der Waals surface area contributed by atoms with Crippen molar-refractivity contribution in [3.63, 3.8) is 0 Å². The van der Waals surface area contributed by atoms with Gasteiger partial charge in [0, 0.05) is 30.4 Å². The van der Waals surface area contributed by atoms with Crippen molar-refractivity contribution in [2.45, 2.75) is 78.3 Å². The molecular weight excluding hydrogens is 452 g/mol. The maximum absolute atomic E-state index is 13.2. The van der Waals surface area contributed by atoms with E-state index in [0.717, 1.165) is 54.4 Å². The van der Waals surface area contributed by atoms with Gasteiger partial charge in [0.1, 0.15) is 6.33 Å². The predicted molar refractivity (Wildman–Crippen MR) is 144 cm³/mol. The number of nitrogens with zero attached hydrogens (tertiary/aromatic N) is 4. The van der Waals surface area contributed by atoms with Crippen molar-refractivity contribution < 1.29 is 4.74 Å². The Morgan fingerprint density at radius 3 is 2.58 bits per heavy atom. The van der Waals surface area contributed by atoms with Crippen LogP contribution >= 0.6 is 0 Å². The molecule has 8 heteroatoms. The number of H-pyrrole nitrogens is 1. The van der Waals surface area contributed by atoms with Crippen molar-refractivity contribution in [3.05, 3.63) is 46.8 Å². The second-order valence-electron chi connectivity index (χ2n) is 11.7. The van der Waals surface area contributed by atoms with Crippen molar-refractivity contribution in [2.24, 2.45) is 5.41 Å². The lowest BCUT2D eigenvalue weighted by atomic mass is 9.89. The summed E-state index contributed by atoms with van der Waals surface area (Å²) in [6, 6.07) is 7.06. The van der Waals surface area contributed by atoms with Crippen LogP contribution in [0.3, 0.4) is 0 Å². The summed E-state index contributed by atoms with van der Waals surface area (Å²) < 4.78 is 9.34. The van der Waals surface area contributed by atoms with Gasteiger partial charge in [0.2, 0.25) is 0 Å². The first-order valence-electron chi connectivity index (χ1n) is 13.0. The Labute approximate surface area is 212 Å². The standard InChI is InChI=1S/C28H38N6O2/c1-17(2)21-13-24-23(12-22(21)18-11-25(36-6)26-30-16-31-33(26)14-18)32-27(35)34(24)20-9-7-19(8-10-20)29-15-28(3,4)5/h11-14,16-17,19-20,29H,7-10,15H2,1-6H3,(H,32,35). The Kier molecular flexibility index (Phi) is 6.41. The summed E-state index contributed by atoms with van der Waals surface area (Å²) in [5.74, 6) is 0.945. The van der Waals surface area contributed by atoms with Crippen LogP contribution in [0, 0.1) is 5.41 Å². The summed E-state index contributed by atoms with van der Waals surface area (Å²) in [7, 11) is 1.64. The van der Waals surface area contributed by atoms with Crippen LogP contribution in [0.2, 0.25) is 0 Å². The summed E-state index contributed by atoms with van der Waals surface area (Å²) in [6.07, 6.45) is 7.69. The summed E-state index contributed by atoms with van der Waals surface area (Å²) in [6.45, 7) is 12.2. The Balaban J connectivity index is 1.50. The van der Waals surface area contributed by atoms with Gasteiger partial charge in [0.25, 0.3) is 0 Å². The first-order valence-corrected chi connectivity index (χ1v) is 13.0. The van der Waals surface area contributed by atoms with Gasteiger partial charge in [0.15, 0.2) is 11.4 Å². The minimum Gasteiger partial charge on any atom is -0.493 e. The van der Waals surface area contributed by atoms with Crippen LogP contribution in [-0.4, -0.2) is 43.8 Å². The average Bonchev–Trinajstić information content (AvgIpc) is 3.44. The first kappa shape index (κ1) is 24.6. The van der Waals surface area contributed by atoms with Gasteiger partial charge >= 0.3 is 5.69 Å². The van der Waals surface area contributed by atoms with Crippen LogP contribution in [0.1, 0.15) is 77.8 Å². The van der Waals surface area contributed by atoms with Crippen LogP contribution < -0.4 is 15.7 Å².